The molecule has 0 atom stereocenters. The standard InChI is InChI=1S/C13H19BrOS/c14-10-13(6-2-1-3-7-13)11-16-9-12-5-4-8-15-12/h4-5,8H,1-3,6-7,9-11H2. The van der Waals surface area contributed by atoms with Gasteiger partial charge in [-0.3, -0.25) is 0 Å². The molecule has 0 N–H and O–H groups in total. The van der Waals surface area contributed by atoms with Gasteiger partial charge in [-0.15, -0.1) is 0 Å². The number of rotatable bonds is 5. The Hall–Kier alpha value is 0.110. The summed E-state index contributed by atoms with van der Waals surface area (Å²) in [5.41, 5.74) is 0.551. The van der Waals surface area contributed by atoms with Gasteiger partial charge < -0.3 is 4.42 Å². The third-order valence-corrected chi connectivity index (χ3v) is 5.92. The molecule has 0 amide bonds. The van der Waals surface area contributed by atoms with Crippen molar-refractivity contribution in [3.05, 3.63) is 24.2 Å². The van der Waals surface area contributed by atoms with Crippen LogP contribution < -0.4 is 0 Å². The fourth-order valence-corrected chi connectivity index (χ4v) is 4.69. The summed E-state index contributed by atoms with van der Waals surface area (Å²) in [6.07, 6.45) is 8.79. The highest BCUT2D eigenvalue weighted by Crippen LogP contribution is 2.40. The minimum absolute atomic E-state index is 0.551. The zero-order chi connectivity index (χ0) is 11.3. The van der Waals surface area contributed by atoms with Gasteiger partial charge in [0, 0.05) is 11.1 Å². The predicted molar refractivity (Wildman–Crippen MR) is 74.2 cm³/mol. The summed E-state index contributed by atoms with van der Waals surface area (Å²) in [6.45, 7) is 0. The molecule has 16 heavy (non-hydrogen) atoms. The van der Waals surface area contributed by atoms with Gasteiger partial charge in [0.25, 0.3) is 0 Å². The van der Waals surface area contributed by atoms with Crippen molar-refractivity contribution in [2.75, 3.05) is 11.1 Å². The summed E-state index contributed by atoms with van der Waals surface area (Å²) in [7, 11) is 0. The third-order valence-electron chi connectivity index (χ3n) is 3.43. The molecule has 0 radical (unpaired) electrons. The Bertz CT molecular complexity index is 291. The maximum atomic E-state index is 5.36. The molecule has 1 aromatic heterocycles. The van der Waals surface area contributed by atoms with Crippen molar-refractivity contribution in [2.24, 2.45) is 5.41 Å². The van der Waals surface area contributed by atoms with Gasteiger partial charge in [-0.1, -0.05) is 35.2 Å². The summed E-state index contributed by atoms with van der Waals surface area (Å²) >= 11 is 5.73. The van der Waals surface area contributed by atoms with E-state index in [0.29, 0.717) is 5.41 Å². The number of hydrogen-bond acceptors (Lipinski definition) is 2. The second-order valence-electron chi connectivity index (χ2n) is 4.77. The fourth-order valence-electron chi connectivity index (χ4n) is 2.38. The maximum absolute atomic E-state index is 5.36. The number of thioether (sulfide) groups is 1. The number of furan rings is 1. The highest BCUT2D eigenvalue weighted by molar-refractivity contribution is 9.09. The smallest absolute Gasteiger partial charge is 0.113 e. The number of halogens is 1. The lowest BCUT2D eigenvalue weighted by Gasteiger charge is -2.35. The van der Waals surface area contributed by atoms with Crippen molar-refractivity contribution in [3.63, 3.8) is 0 Å². The molecule has 0 aromatic carbocycles. The van der Waals surface area contributed by atoms with Crippen molar-refractivity contribution in [3.8, 4) is 0 Å². The summed E-state index contributed by atoms with van der Waals surface area (Å²) in [6, 6.07) is 4.03. The van der Waals surface area contributed by atoms with Gasteiger partial charge >= 0.3 is 0 Å². The van der Waals surface area contributed by atoms with Crippen LogP contribution in [-0.2, 0) is 5.75 Å². The van der Waals surface area contributed by atoms with Crippen molar-refractivity contribution < 1.29 is 4.42 Å². The Labute approximate surface area is 110 Å². The Morgan fingerprint density at radius 3 is 2.75 bits per heavy atom. The summed E-state index contributed by atoms with van der Waals surface area (Å²) in [5, 5.41) is 1.16. The molecule has 0 saturated heterocycles. The Morgan fingerprint density at radius 1 is 1.31 bits per heavy atom. The number of hydrogen-bond donors (Lipinski definition) is 0. The molecule has 1 aromatic rings. The molecule has 0 unspecified atom stereocenters. The van der Waals surface area contributed by atoms with Crippen molar-refractivity contribution in [1.82, 2.24) is 0 Å². The van der Waals surface area contributed by atoms with Gasteiger partial charge in [0.2, 0.25) is 0 Å². The normalized spacial score (nSPS) is 19.8. The van der Waals surface area contributed by atoms with Crippen LogP contribution in [0.25, 0.3) is 0 Å². The second kappa shape index (κ2) is 6.15. The van der Waals surface area contributed by atoms with Crippen LogP contribution in [0.2, 0.25) is 0 Å². The van der Waals surface area contributed by atoms with Crippen LogP contribution in [0.4, 0.5) is 0 Å². The average Bonchev–Trinajstić information content (AvgIpc) is 2.83. The quantitative estimate of drug-likeness (QED) is 0.721. The van der Waals surface area contributed by atoms with Gasteiger partial charge in [-0.2, -0.15) is 11.8 Å². The van der Waals surface area contributed by atoms with Gasteiger partial charge in [0.1, 0.15) is 5.76 Å². The largest absolute Gasteiger partial charge is 0.468 e. The lowest BCUT2D eigenvalue weighted by atomic mass is 9.77. The zero-order valence-electron chi connectivity index (χ0n) is 9.58. The number of alkyl halides is 1. The molecular weight excluding hydrogens is 284 g/mol. The molecule has 90 valence electrons. The van der Waals surface area contributed by atoms with E-state index in [-0.39, 0.29) is 0 Å². The maximum Gasteiger partial charge on any atom is 0.113 e. The van der Waals surface area contributed by atoms with Crippen LogP contribution in [0.1, 0.15) is 37.9 Å². The molecule has 1 saturated carbocycles. The minimum atomic E-state index is 0.551. The van der Waals surface area contributed by atoms with Crippen molar-refractivity contribution >= 4 is 27.7 Å². The summed E-state index contributed by atoms with van der Waals surface area (Å²) in [5.74, 6) is 3.38. The van der Waals surface area contributed by atoms with Crippen LogP contribution in [0.5, 0.6) is 0 Å². The molecule has 1 nitrogen and oxygen atoms in total. The van der Waals surface area contributed by atoms with Crippen LogP contribution >= 0.6 is 27.7 Å². The lowest BCUT2D eigenvalue weighted by molar-refractivity contribution is 0.260. The van der Waals surface area contributed by atoms with Crippen LogP contribution in [-0.4, -0.2) is 11.1 Å². The molecule has 1 aliphatic carbocycles. The van der Waals surface area contributed by atoms with E-state index in [1.54, 1.807) is 6.26 Å². The third kappa shape index (κ3) is 3.30. The summed E-state index contributed by atoms with van der Waals surface area (Å²) in [4.78, 5) is 0. The molecule has 0 aliphatic heterocycles. The topological polar surface area (TPSA) is 13.1 Å². The molecule has 1 heterocycles. The fraction of sp³-hybridized carbons (Fsp3) is 0.692. The zero-order valence-corrected chi connectivity index (χ0v) is 12.0. The minimum Gasteiger partial charge on any atom is -0.468 e. The van der Waals surface area contributed by atoms with Gasteiger partial charge in [0.05, 0.1) is 12.0 Å². The SMILES string of the molecule is BrCC1(CSCc2ccco2)CCCCC1. The van der Waals surface area contributed by atoms with Crippen LogP contribution in [0.15, 0.2) is 22.8 Å². The van der Waals surface area contributed by atoms with Gasteiger partial charge in [0.15, 0.2) is 0 Å². The highest BCUT2D eigenvalue weighted by Gasteiger charge is 2.30. The molecule has 0 spiro atoms. The van der Waals surface area contributed by atoms with Crippen LogP contribution in [0.3, 0.4) is 0 Å². The molecule has 1 aliphatic rings. The molecule has 3 heteroatoms. The first kappa shape index (κ1) is 12.6. The monoisotopic (exact) mass is 302 g/mol. The molecule has 2 rings (SSSR count). The lowest BCUT2D eigenvalue weighted by Crippen LogP contribution is -2.28. The van der Waals surface area contributed by atoms with Gasteiger partial charge in [-0.05, 0) is 30.4 Å². The van der Waals surface area contributed by atoms with Crippen molar-refractivity contribution in [2.45, 2.75) is 37.9 Å². The van der Waals surface area contributed by atoms with E-state index >= 15 is 0 Å². The van der Waals surface area contributed by atoms with E-state index in [9.17, 15) is 0 Å². The van der Waals surface area contributed by atoms with E-state index in [4.69, 9.17) is 4.42 Å². The predicted octanol–water partition coefficient (Wildman–Crippen LogP) is 4.86. The first-order valence-electron chi connectivity index (χ1n) is 6.01. The summed E-state index contributed by atoms with van der Waals surface area (Å²) < 4.78 is 5.36. The first-order chi connectivity index (χ1) is 7.85. The average molecular weight is 303 g/mol. The van der Waals surface area contributed by atoms with Gasteiger partial charge in [-0.25, -0.2) is 0 Å². The molecule has 0 bridgehead atoms. The van der Waals surface area contributed by atoms with E-state index in [1.165, 1.54) is 37.9 Å². The molecular formula is C13H19BrOS. The van der Waals surface area contributed by atoms with Crippen LogP contribution in [0, 0.1) is 5.41 Å². The second-order valence-corrected chi connectivity index (χ2v) is 6.31. The first-order valence-corrected chi connectivity index (χ1v) is 8.28. The Balaban J connectivity index is 1.78. The van der Waals surface area contributed by atoms with E-state index in [1.807, 2.05) is 17.8 Å². The Morgan fingerprint density at radius 2 is 2.12 bits per heavy atom. The Kier molecular flexibility index (Phi) is 4.83. The van der Waals surface area contributed by atoms with E-state index in [2.05, 4.69) is 22.0 Å². The molecule has 1 fully saturated rings. The van der Waals surface area contributed by atoms with E-state index < -0.39 is 0 Å². The van der Waals surface area contributed by atoms with E-state index in [0.717, 1.165) is 16.8 Å². The highest BCUT2D eigenvalue weighted by atomic mass is 79.9. The van der Waals surface area contributed by atoms with Crippen molar-refractivity contribution in [1.29, 1.82) is 0 Å².